The van der Waals surface area contributed by atoms with Crippen LogP contribution in [0.15, 0.2) is 30.6 Å². The van der Waals surface area contributed by atoms with E-state index in [0.29, 0.717) is 37.8 Å². The highest BCUT2D eigenvalue weighted by molar-refractivity contribution is 5.50. The van der Waals surface area contributed by atoms with Gasteiger partial charge in [0.15, 0.2) is 0 Å². The van der Waals surface area contributed by atoms with Gasteiger partial charge in [0.05, 0.1) is 0 Å². The van der Waals surface area contributed by atoms with Gasteiger partial charge in [0.1, 0.15) is 11.5 Å². The molecule has 1 fully saturated rings. The van der Waals surface area contributed by atoms with Crippen molar-refractivity contribution in [2.75, 3.05) is 55.0 Å². The van der Waals surface area contributed by atoms with Crippen molar-refractivity contribution in [3.05, 3.63) is 36.3 Å². The Bertz CT molecular complexity index is 726. The van der Waals surface area contributed by atoms with Crippen LogP contribution in [0.2, 0.25) is 0 Å². The molecule has 0 saturated carbocycles. The number of rotatable bonds is 3. The molecule has 1 aliphatic heterocycles. The largest absolute Gasteiger partial charge is 0.433 e. The second-order valence-corrected chi connectivity index (χ2v) is 5.98. The fourth-order valence-corrected chi connectivity index (χ4v) is 2.70. The minimum absolute atomic E-state index is 0.540. The topological polar surface area (TPSA) is 48.4 Å². The summed E-state index contributed by atoms with van der Waals surface area (Å²) in [5.41, 5.74) is -0.322. The average Bonchev–Trinajstić information content (AvgIpc) is 2.61. The van der Waals surface area contributed by atoms with Gasteiger partial charge in [-0.05, 0) is 18.2 Å². The number of nitrogens with zero attached hydrogens (tertiary/aromatic N) is 6. The Balaban J connectivity index is 1.69. The summed E-state index contributed by atoms with van der Waals surface area (Å²) in [4.78, 5) is 18.0. The van der Waals surface area contributed by atoms with Crippen LogP contribution in [0, 0.1) is 0 Å². The summed E-state index contributed by atoms with van der Waals surface area (Å²) < 4.78 is 38.4. The molecule has 0 amide bonds. The molecule has 9 heteroatoms. The Morgan fingerprint density at radius 1 is 0.960 bits per heavy atom. The van der Waals surface area contributed by atoms with Crippen molar-refractivity contribution in [1.82, 2.24) is 15.0 Å². The van der Waals surface area contributed by atoms with Crippen LogP contribution < -0.4 is 14.7 Å². The van der Waals surface area contributed by atoms with Gasteiger partial charge in [-0.3, -0.25) is 4.98 Å². The van der Waals surface area contributed by atoms with Crippen LogP contribution in [-0.4, -0.2) is 55.2 Å². The molecule has 134 valence electrons. The third kappa shape index (κ3) is 3.92. The number of halogens is 3. The van der Waals surface area contributed by atoms with Crippen molar-refractivity contribution in [2.45, 2.75) is 6.18 Å². The summed E-state index contributed by atoms with van der Waals surface area (Å²) in [6, 6.07) is 4.56. The van der Waals surface area contributed by atoms with E-state index in [4.69, 9.17) is 0 Å². The third-order valence-corrected chi connectivity index (χ3v) is 4.03. The smallest absolute Gasteiger partial charge is 0.368 e. The predicted molar refractivity (Wildman–Crippen MR) is 90.0 cm³/mol. The lowest BCUT2D eigenvalue weighted by molar-refractivity contribution is -0.141. The summed E-state index contributed by atoms with van der Waals surface area (Å²) in [6.07, 6.45) is -1.51. The van der Waals surface area contributed by atoms with E-state index < -0.39 is 11.9 Å². The Morgan fingerprint density at radius 2 is 1.60 bits per heavy atom. The van der Waals surface area contributed by atoms with E-state index >= 15 is 0 Å². The first-order valence-corrected chi connectivity index (χ1v) is 7.88. The van der Waals surface area contributed by atoms with Gasteiger partial charge < -0.3 is 14.7 Å². The van der Waals surface area contributed by atoms with Crippen molar-refractivity contribution in [1.29, 1.82) is 0 Å². The van der Waals surface area contributed by atoms with E-state index in [2.05, 4.69) is 19.9 Å². The highest BCUT2D eigenvalue weighted by Gasteiger charge is 2.33. The molecule has 0 bridgehead atoms. The second-order valence-electron chi connectivity index (χ2n) is 5.98. The number of anilines is 3. The number of hydrogen-bond acceptors (Lipinski definition) is 6. The molecule has 1 aliphatic rings. The van der Waals surface area contributed by atoms with Gasteiger partial charge in [-0.2, -0.15) is 18.2 Å². The van der Waals surface area contributed by atoms with Crippen molar-refractivity contribution in [2.24, 2.45) is 0 Å². The summed E-state index contributed by atoms with van der Waals surface area (Å²) in [5.74, 6) is 1.45. The molecule has 0 aromatic carbocycles. The van der Waals surface area contributed by atoms with Crippen LogP contribution in [0.5, 0.6) is 0 Å². The van der Waals surface area contributed by atoms with Gasteiger partial charge in [-0.1, -0.05) is 0 Å². The zero-order valence-corrected chi connectivity index (χ0v) is 14.0. The van der Waals surface area contributed by atoms with E-state index in [9.17, 15) is 13.2 Å². The Morgan fingerprint density at radius 3 is 2.24 bits per heavy atom. The van der Waals surface area contributed by atoms with E-state index in [1.165, 1.54) is 6.20 Å². The van der Waals surface area contributed by atoms with Crippen LogP contribution in [0.3, 0.4) is 0 Å². The van der Waals surface area contributed by atoms with E-state index in [0.717, 1.165) is 11.9 Å². The highest BCUT2D eigenvalue weighted by atomic mass is 19.4. The molecule has 0 spiro atoms. The molecule has 6 nitrogen and oxygen atoms in total. The fraction of sp³-hybridized carbons (Fsp3) is 0.438. The number of hydrogen-bond donors (Lipinski definition) is 0. The lowest BCUT2D eigenvalue weighted by atomic mass is 10.2. The minimum Gasteiger partial charge on any atom is -0.368 e. The second kappa shape index (κ2) is 6.73. The SMILES string of the molecule is CN(C)c1nccc(N2CCN(c3ccnc(C(F)(F)F)c3)CC2)n1. The first kappa shape index (κ1) is 17.2. The maximum Gasteiger partial charge on any atom is 0.433 e. The van der Waals surface area contributed by atoms with Crippen molar-refractivity contribution in [3.63, 3.8) is 0 Å². The van der Waals surface area contributed by atoms with Gasteiger partial charge >= 0.3 is 6.18 Å². The molecule has 2 aromatic heterocycles. The van der Waals surface area contributed by atoms with Gasteiger partial charge in [-0.15, -0.1) is 0 Å². The summed E-state index contributed by atoms with van der Waals surface area (Å²) >= 11 is 0. The number of alkyl halides is 3. The summed E-state index contributed by atoms with van der Waals surface area (Å²) in [5, 5.41) is 0. The minimum atomic E-state index is -4.43. The van der Waals surface area contributed by atoms with Crippen molar-refractivity contribution >= 4 is 17.5 Å². The van der Waals surface area contributed by atoms with Crippen LogP contribution in [-0.2, 0) is 6.18 Å². The quantitative estimate of drug-likeness (QED) is 0.845. The average molecular weight is 352 g/mol. The Hall–Kier alpha value is -2.58. The Kier molecular flexibility index (Phi) is 4.65. The molecule has 0 unspecified atom stereocenters. The molecule has 2 aromatic rings. The van der Waals surface area contributed by atoms with Crippen LogP contribution in [0.1, 0.15) is 5.69 Å². The first-order valence-electron chi connectivity index (χ1n) is 7.88. The molecule has 0 radical (unpaired) electrons. The van der Waals surface area contributed by atoms with Crippen LogP contribution >= 0.6 is 0 Å². The fourth-order valence-electron chi connectivity index (χ4n) is 2.70. The molecule has 0 N–H and O–H groups in total. The molecule has 1 saturated heterocycles. The lowest BCUT2D eigenvalue weighted by Gasteiger charge is -2.37. The van der Waals surface area contributed by atoms with Gasteiger partial charge in [-0.25, -0.2) is 4.98 Å². The van der Waals surface area contributed by atoms with E-state index in [1.54, 1.807) is 12.3 Å². The van der Waals surface area contributed by atoms with Crippen molar-refractivity contribution in [3.8, 4) is 0 Å². The molecule has 3 heterocycles. The van der Waals surface area contributed by atoms with Crippen LogP contribution in [0.4, 0.5) is 30.6 Å². The maximum atomic E-state index is 12.8. The molecule has 0 atom stereocenters. The van der Waals surface area contributed by atoms with Gasteiger partial charge in [0, 0.05) is 58.4 Å². The van der Waals surface area contributed by atoms with Gasteiger partial charge in [0.25, 0.3) is 0 Å². The molecule has 3 rings (SSSR count). The molecule has 0 aliphatic carbocycles. The summed E-state index contributed by atoms with van der Waals surface area (Å²) in [7, 11) is 3.75. The lowest BCUT2D eigenvalue weighted by Crippen LogP contribution is -2.47. The van der Waals surface area contributed by atoms with Gasteiger partial charge in [0.2, 0.25) is 5.95 Å². The third-order valence-electron chi connectivity index (χ3n) is 4.03. The number of aromatic nitrogens is 3. The molecule has 25 heavy (non-hydrogen) atoms. The highest BCUT2D eigenvalue weighted by Crippen LogP contribution is 2.30. The Labute approximate surface area is 143 Å². The normalized spacial score (nSPS) is 15.4. The number of pyridine rings is 1. The van der Waals surface area contributed by atoms with Crippen LogP contribution in [0.25, 0.3) is 0 Å². The van der Waals surface area contributed by atoms with Crippen molar-refractivity contribution < 1.29 is 13.2 Å². The van der Waals surface area contributed by atoms with E-state index in [-0.39, 0.29) is 0 Å². The first-order chi connectivity index (χ1) is 11.8. The molecular formula is C16H19F3N6. The zero-order chi connectivity index (χ0) is 18.0. The monoisotopic (exact) mass is 352 g/mol. The standard InChI is InChI=1S/C16H19F3N6/c1-23(2)15-21-6-4-14(22-15)25-9-7-24(8-10-25)12-3-5-20-13(11-12)16(17,18)19/h3-6,11H,7-10H2,1-2H3. The summed E-state index contributed by atoms with van der Waals surface area (Å²) in [6.45, 7) is 2.58. The molecular weight excluding hydrogens is 333 g/mol. The zero-order valence-electron chi connectivity index (χ0n) is 14.0. The maximum absolute atomic E-state index is 12.8. The predicted octanol–water partition coefficient (Wildman–Crippen LogP) is 2.28. The number of piperazine rings is 1. The van der Waals surface area contributed by atoms with E-state index in [1.807, 2.05) is 30.0 Å².